The van der Waals surface area contributed by atoms with E-state index in [1.54, 1.807) is 46.8 Å². The monoisotopic (exact) mass is 342 g/mol. The Labute approximate surface area is 143 Å². The summed E-state index contributed by atoms with van der Waals surface area (Å²) >= 11 is 6.20. The van der Waals surface area contributed by atoms with E-state index >= 15 is 0 Å². The predicted molar refractivity (Wildman–Crippen MR) is 92.2 cm³/mol. The first-order chi connectivity index (χ1) is 10.5. The summed E-state index contributed by atoms with van der Waals surface area (Å²) in [6, 6.07) is 3.31. The molecule has 0 aromatic heterocycles. The molecule has 0 heterocycles. The molecule has 0 saturated heterocycles. The van der Waals surface area contributed by atoms with Crippen molar-refractivity contribution in [1.82, 2.24) is 0 Å². The number of esters is 1. The molecule has 0 aliphatic heterocycles. The Bertz CT molecular complexity index is 566. The van der Waals surface area contributed by atoms with Crippen molar-refractivity contribution in [3.63, 3.8) is 0 Å². The van der Waals surface area contributed by atoms with E-state index in [1.807, 2.05) is 0 Å². The molecule has 5 nitrogen and oxygen atoms in total. The van der Waals surface area contributed by atoms with Gasteiger partial charge in [-0.1, -0.05) is 11.6 Å². The van der Waals surface area contributed by atoms with Gasteiger partial charge in [0.05, 0.1) is 29.9 Å². The van der Waals surface area contributed by atoms with Gasteiger partial charge >= 0.3 is 13.5 Å². The number of methoxy groups -OCH3 is 1. The predicted octanol–water partition coefficient (Wildman–Crippen LogP) is 2.07. The molecule has 0 radical (unpaired) electrons. The third-order valence-electron chi connectivity index (χ3n) is 3.89. The normalized spacial score (nSPS) is 12.0. The number of carbonyl (C=O) groups excluding carboxylic acids is 1. The van der Waals surface area contributed by atoms with Gasteiger partial charge in [0.2, 0.25) is 0 Å². The number of aliphatic hydroxyl groups is 1. The Kier molecular flexibility index (Phi) is 6.51. The zero-order valence-electron chi connectivity index (χ0n) is 14.5. The van der Waals surface area contributed by atoms with Crippen LogP contribution in [0, 0.1) is 0 Å². The Balaban J connectivity index is 3.04. The van der Waals surface area contributed by atoms with Gasteiger partial charge in [-0.15, -0.1) is 0 Å². The second kappa shape index (κ2) is 7.56. The van der Waals surface area contributed by atoms with Gasteiger partial charge in [0.1, 0.15) is 11.3 Å². The van der Waals surface area contributed by atoms with Crippen molar-refractivity contribution in [2.75, 3.05) is 13.7 Å². The first-order valence-electron chi connectivity index (χ1n) is 7.43. The summed E-state index contributed by atoms with van der Waals surface area (Å²) in [5.41, 5.74) is -0.836. The maximum Gasteiger partial charge on any atom is 0.343 e. The van der Waals surface area contributed by atoms with Gasteiger partial charge in [0.25, 0.3) is 0 Å². The molecule has 0 amide bonds. The highest BCUT2D eigenvalue weighted by Gasteiger charge is 2.35. The van der Waals surface area contributed by atoms with Crippen LogP contribution in [-0.2, 0) is 9.39 Å². The fourth-order valence-corrected chi connectivity index (χ4v) is 2.03. The summed E-state index contributed by atoms with van der Waals surface area (Å²) in [5, 5.41) is 10.4. The summed E-state index contributed by atoms with van der Waals surface area (Å²) in [6.07, 6.45) is 0. The van der Waals surface area contributed by atoms with E-state index in [9.17, 15) is 9.90 Å². The molecule has 1 aromatic rings. The minimum Gasteiger partial charge on any atom is -0.496 e. The molecule has 0 atom stereocenters. The van der Waals surface area contributed by atoms with Crippen molar-refractivity contribution < 1.29 is 24.0 Å². The molecule has 0 fully saturated rings. The number of hydrogen-bond donors (Lipinski definition) is 1. The minimum absolute atomic E-state index is 0.196. The van der Waals surface area contributed by atoms with Crippen molar-refractivity contribution in [1.29, 1.82) is 0 Å². The van der Waals surface area contributed by atoms with E-state index in [2.05, 4.69) is 0 Å². The van der Waals surface area contributed by atoms with E-state index in [0.717, 1.165) is 5.46 Å². The van der Waals surface area contributed by atoms with Gasteiger partial charge in [-0.3, -0.25) is 0 Å². The first-order valence-corrected chi connectivity index (χ1v) is 7.81. The molecule has 0 unspecified atom stereocenters. The highest BCUT2D eigenvalue weighted by atomic mass is 35.5. The van der Waals surface area contributed by atoms with Gasteiger partial charge in [-0.05, 0) is 52.2 Å². The molecule has 0 bridgehead atoms. The maximum absolute atomic E-state index is 12.0. The Morgan fingerprint density at radius 2 is 1.91 bits per heavy atom. The number of halogens is 1. The van der Waals surface area contributed by atoms with Gasteiger partial charge in [-0.2, -0.15) is 0 Å². The molecular weight excluding hydrogens is 318 g/mol. The van der Waals surface area contributed by atoms with Crippen LogP contribution >= 0.6 is 11.6 Å². The fourth-order valence-electron chi connectivity index (χ4n) is 1.72. The second-order valence-corrected chi connectivity index (χ2v) is 6.64. The highest BCUT2D eigenvalue weighted by molar-refractivity contribution is 6.48. The average Bonchev–Trinajstić information content (AvgIpc) is 2.43. The smallest absolute Gasteiger partial charge is 0.343 e. The Morgan fingerprint density at radius 1 is 1.30 bits per heavy atom. The number of benzene rings is 1. The van der Waals surface area contributed by atoms with Gasteiger partial charge < -0.3 is 19.2 Å². The number of carbonyl (C=O) groups is 1. The van der Waals surface area contributed by atoms with E-state index < -0.39 is 17.2 Å². The lowest BCUT2D eigenvalue weighted by atomic mass is 9.82. The Morgan fingerprint density at radius 3 is 2.39 bits per heavy atom. The molecule has 23 heavy (non-hydrogen) atoms. The van der Waals surface area contributed by atoms with Crippen LogP contribution in [0.1, 0.15) is 45.0 Å². The standard InChI is InChI=1S/C16H24BClO5/c1-7-22-14(19)13-11(18)8-10(9-12(13)21-6)17-23-16(4,5)15(2,3)20/h8-9,17,20H,7H2,1-6H3. The molecule has 0 aliphatic rings. The van der Waals surface area contributed by atoms with E-state index in [0.29, 0.717) is 5.75 Å². The van der Waals surface area contributed by atoms with Crippen molar-refractivity contribution in [3.8, 4) is 5.75 Å². The lowest BCUT2D eigenvalue weighted by molar-refractivity contribution is -0.0893. The maximum atomic E-state index is 12.0. The summed E-state index contributed by atoms with van der Waals surface area (Å²) in [6.45, 7) is 8.95. The van der Waals surface area contributed by atoms with E-state index in [-0.39, 0.29) is 24.7 Å². The third kappa shape index (κ3) is 4.87. The molecular formula is C16H24BClO5. The van der Waals surface area contributed by atoms with Crippen molar-refractivity contribution in [2.45, 2.75) is 45.8 Å². The molecule has 1 rings (SSSR count). The van der Waals surface area contributed by atoms with Crippen LogP contribution in [0.4, 0.5) is 0 Å². The van der Waals surface area contributed by atoms with Crippen LogP contribution < -0.4 is 10.2 Å². The minimum atomic E-state index is -1.01. The first kappa shape index (κ1) is 19.8. The van der Waals surface area contributed by atoms with Gasteiger partial charge in [0.15, 0.2) is 0 Å². The van der Waals surface area contributed by atoms with Crippen LogP contribution in [0.3, 0.4) is 0 Å². The molecule has 7 heteroatoms. The Hall–Kier alpha value is -1.24. The molecule has 0 spiro atoms. The van der Waals surface area contributed by atoms with Crippen molar-refractivity contribution >= 4 is 30.5 Å². The SMILES string of the molecule is CCOC(=O)c1c(Cl)cc(BOC(C)(C)C(C)(C)O)cc1OC. The van der Waals surface area contributed by atoms with Crippen molar-refractivity contribution in [2.24, 2.45) is 0 Å². The average molecular weight is 343 g/mol. The van der Waals surface area contributed by atoms with Gasteiger partial charge in [0, 0.05) is 0 Å². The number of hydrogen-bond acceptors (Lipinski definition) is 5. The van der Waals surface area contributed by atoms with Crippen LogP contribution in [0.5, 0.6) is 5.75 Å². The molecule has 0 saturated carbocycles. The van der Waals surface area contributed by atoms with E-state index in [4.69, 9.17) is 25.7 Å². The van der Waals surface area contributed by atoms with Crippen LogP contribution in [0.15, 0.2) is 12.1 Å². The van der Waals surface area contributed by atoms with Gasteiger partial charge in [-0.25, -0.2) is 4.79 Å². The summed E-state index contributed by atoms with van der Waals surface area (Å²) < 4.78 is 16.0. The topological polar surface area (TPSA) is 65.0 Å². The molecule has 1 N–H and O–H groups in total. The lowest BCUT2D eigenvalue weighted by Gasteiger charge is -2.37. The molecule has 0 aliphatic carbocycles. The zero-order valence-corrected chi connectivity index (χ0v) is 15.3. The molecule has 1 aromatic carbocycles. The fraction of sp³-hybridized carbons (Fsp3) is 0.562. The van der Waals surface area contributed by atoms with Crippen LogP contribution in [-0.4, -0.2) is 43.5 Å². The molecule has 128 valence electrons. The summed E-state index contributed by atoms with van der Waals surface area (Å²) in [4.78, 5) is 12.0. The largest absolute Gasteiger partial charge is 0.496 e. The zero-order chi connectivity index (χ0) is 17.8. The summed E-state index contributed by atoms with van der Waals surface area (Å²) in [5.74, 6) is -0.200. The van der Waals surface area contributed by atoms with Crippen LogP contribution in [0.25, 0.3) is 0 Å². The van der Waals surface area contributed by atoms with Crippen molar-refractivity contribution in [3.05, 3.63) is 22.7 Å². The quantitative estimate of drug-likeness (QED) is 0.607. The highest BCUT2D eigenvalue weighted by Crippen LogP contribution is 2.27. The second-order valence-electron chi connectivity index (χ2n) is 6.23. The third-order valence-corrected chi connectivity index (χ3v) is 4.18. The van der Waals surface area contributed by atoms with E-state index in [1.165, 1.54) is 7.11 Å². The number of rotatable bonds is 7. The summed E-state index contributed by atoms with van der Waals surface area (Å²) in [7, 11) is 1.68. The van der Waals surface area contributed by atoms with Crippen LogP contribution in [0.2, 0.25) is 5.02 Å². The lowest BCUT2D eigenvalue weighted by Crippen LogP contribution is -2.49. The number of ether oxygens (including phenoxy) is 2.